The van der Waals surface area contributed by atoms with Gasteiger partial charge in [-0.3, -0.25) is 10.1 Å². The van der Waals surface area contributed by atoms with Crippen LogP contribution in [0.5, 0.6) is 0 Å². The van der Waals surface area contributed by atoms with Gasteiger partial charge < -0.3 is 4.90 Å². The first kappa shape index (κ1) is 19.6. The average molecular weight is 394 g/mol. The third-order valence-electron chi connectivity index (χ3n) is 4.34. The minimum Gasteiger partial charge on any atom is -0.367 e. The van der Waals surface area contributed by atoms with Crippen molar-refractivity contribution in [3.8, 4) is 0 Å². The molecule has 142 valence electrons. The number of nitro benzene ring substituents is 1. The Morgan fingerprint density at radius 3 is 2.43 bits per heavy atom. The Balaban J connectivity index is 1.76. The van der Waals surface area contributed by atoms with Crippen LogP contribution in [-0.2, 0) is 6.54 Å². The number of nitrogens with zero attached hydrogens (tertiary/aromatic N) is 3. The Bertz CT molecular complexity index is 973. The molecule has 0 aliphatic rings. The van der Waals surface area contributed by atoms with Crippen molar-refractivity contribution in [1.82, 2.24) is 0 Å². The lowest BCUT2D eigenvalue weighted by molar-refractivity contribution is -0.384. The molecule has 0 heterocycles. The Hall–Kier alpha value is -3.18. The molecule has 0 saturated heterocycles. The van der Waals surface area contributed by atoms with Gasteiger partial charge in [0.05, 0.1) is 4.92 Å². The van der Waals surface area contributed by atoms with Crippen LogP contribution in [-0.4, -0.2) is 17.7 Å². The number of aliphatic imine (C=N–C) groups is 1. The summed E-state index contributed by atoms with van der Waals surface area (Å²) in [7, 11) is 0. The highest BCUT2D eigenvalue weighted by Gasteiger charge is 2.12. The maximum absolute atomic E-state index is 11.1. The van der Waals surface area contributed by atoms with Gasteiger partial charge in [-0.15, -0.1) is 0 Å². The summed E-state index contributed by atoms with van der Waals surface area (Å²) in [6.45, 7) is 3.84. The minimum atomic E-state index is -0.463. The van der Waals surface area contributed by atoms with E-state index in [9.17, 15) is 10.1 Å². The van der Waals surface area contributed by atoms with Crippen LogP contribution in [0, 0.1) is 10.1 Å². The lowest BCUT2D eigenvalue weighted by Crippen LogP contribution is -2.21. The zero-order valence-electron chi connectivity index (χ0n) is 15.5. The summed E-state index contributed by atoms with van der Waals surface area (Å²) in [6.07, 6.45) is 1.61. The number of anilines is 1. The highest BCUT2D eigenvalue weighted by Crippen LogP contribution is 2.30. The molecule has 6 heteroatoms. The molecule has 0 amide bonds. The van der Waals surface area contributed by atoms with Crippen molar-refractivity contribution in [2.45, 2.75) is 13.5 Å². The largest absolute Gasteiger partial charge is 0.367 e. The predicted molar refractivity (Wildman–Crippen MR) is 115 cm³/mol. The van der Waals surface area contributed by atoms with Gasteiger partial charge in [-0.05, 0) is 42.3 Å². The molecular weight excluding hydrogens is 374 g/mol. The van der Waals surface area contributed by atoms with Gasteiger partial charge in [-0.1, -0.05) is 54.1 Å². The summed E-state index contributed by atoms with van der Waals surface area (Å²) in [5, 5.41) is 11.5. The molecule has 0 radical (unpaired) electrons. The molecule has 0 aromatic heterocycles. The number of halogens is 1. The van der Waals surface area contributed by atoms with Crippen molar-refractivity contribution in [1.29, 1.82) is 0 Å². The van der Waals surface area contributed by atoms with Gasteiger partial charge in [0.2, 0.25) is 0 Å². The van der Waals surface area contributed by atoms with Crippen molar-refractivity contribution < 1.29 is 4.92 Å². The molecule has 0 atom stereocenters. The first-order valence-electron chi connectivity index (χ1n) is 8.94. The minimum absolute atomic E-state index is 0.0720. The van der Waals surface area contributed by atoms with E-state index >= 15 is 0 Å². The van der Waals surface area contributed by atoms with Gasteiger partial charge >= 0.3 is 0 Å². The molecule has 0 aliphatic heterocycles. The number of hydrogen-bond donors (Lipinski definition) is 0. The lowest BCUT2D eigenvalue weighted by atomic mass is 10.1. The van der Waals surface area contributed by atoms with Crippen molar-refractivity contribution in [2.75, 3.05) is 11.4 Å². The molecule has 0 aliphatic carbocycles. The van der Waals surface area contributed by atoms with Crippen LogP contribution < -0.4 is 4.90 Å². The van der Waals surface area contributed by atoms with E-state index in [1.807, 2.05) is 42.5 Å². The molecule has 28 heavy (non-hydrogen) atoms. The van der Waals surface area contributed by atoms with E-state index in [4.69, 9.17) is 11.6 Å². The van der Waals surface area contributed by atoms with E-state index in [1.165, 1.54) is 23.8 Å². The summed E-state index contributed by atoms with van der Waals surface area (Å²) >= 11 is 5.94. The third kappa shape index (κ3) is 4.96. The molecule has 3 aromatic rings. The van der Waals surface area contributed by atoms with Gasteiger partial charge in [0.15, 0.2) is 0 Å². The van der Waals surface area contributed by atoms with Crippen molar-refractivity contribution in [3.63, 3.8) is 0 Å². The zero-order chi connectivity index (χ0) is 19.9. The van der Waals surface area contributed by atoms with Crippen molar-refractivity contribution in [3.05, 3.63) is 99.1 Å². The van der Waals surface area contributed by atoms with E-state index in [0.29, 0.717) is 5.02 Å². The summed E-state index contributed by atoms with van der Waals surface area (Å²) in [5.41, 5.74) is 3.38. The van der Waals surface area contributed by atoms with Gasteiger partial charge in [0.1, 0.15) is 5.69 Å². The molecule has 0 bridgehead atoms. The highest BCUT2D eigenvalue weighted by molar-refractivity contribution is 6.31. The number of rotatable bonds is 7. The second kappa shape index (κ2) is 9.15. The monoisotopic (exact) mass is 393 g/mol. The van der Waals surface area contributed by atoms with E-state index in [2.05, 4.69) is 28.9 Å². The van der Waals surface area contributed by atoms with Crippen LogP contribution in [0.3, 0.4) is 0 Å². The summed E-state index contributed by atoms with van der Waals surface area (Å²) in [4.78, 5) is 17.2. The second-order valence-corrected chi connectivity index (χ2v) is 6.68. The van der Waals surface area contributed by atoms with Crippen LogP contribution in [0.25, 0.3) is 0 Å². The number of benzene rings is 3. The Kier molecular flexibility index (Phi) is 6.40. The van der Waals surface area contributed by atoms with Crippen LogP contribution in [0.4, 0.5) is 17.1 Å². The maximum Gasteiger partial charge on any atom is 0.294 e. The van der Waals surface area contributed by atoms with Gasteiger partial charge in [-0.2, -0.15) is 0 Å². The quantitative estimate of drug-likeness (QED) is 0.280. The Morgan fingerprint density at radius 2 is 1.79 bits per heavy atom. The molecule has 3 rings (SSSR count). The van der Waals surface area contributed by atoms with Gasteiger partial charge in [-0.25, -0.2) is 4.99 Å². The van der Waals surface area contributed by atoms with Crippen LogP contribution >= 0.6 is 11.6 Å². The maximum atomic E-state index is 11.1. The lowest BCUT2D eigenvalue weighted by Gasteiger charge is -2.23. The van der Waals surface area contributed by atoms with E-state index < -0.39 is 4.92 Å². The van der Waals surface area contributed by atoms with Crippen LogP contribution in [0.2, 0.25) is 5.02 Å². The molecule has 0 unspecified atom stereocenters. The van der Waals surface area contributed by atoms with Crippen LogP contribution in [0.15, 0.2) is 77.8 Å². The van der Waals surface area contributed by atoms with Crippen LogP contribution in [0.1, 0.15) is 18.1 Å². The molecule has 0 N–H and O–H groups in total. The molecule has 3 aromatic carbocycles. The standard InChI is InChI=1S/C22H20ClN3O2/c1-2-25(16-18-6-4-3-5-7-18)20-11-8-17(9-12-20)15-24-21-14-19(23)10-13-22(21)26(27)28/h3-15H,2,16H2,1H3. The number of hydrogen-bond acceptors (Lipinski definition) is 4. The van der Waals surface area contributed by atoms with Crippen molar-refractivity contribution in [2.24, 2.45) is 4.99 Å². The van der Waals surface area contributed by atoms with Crippen molar-refractivity contribution >= 4 is 34.9 Å². The van der Waals surface area contributed by atoms with E-state index in [0.717, 1.165) is 24.3 Å². The molecule has 0 fully saturated rings. The topological polar surface area (TPSA) is 58.7 Å². The second-order valence-electron chi connectivity index (χ2n) is 6.24. The molecule has 0 saturated carbocycles. The molecule has 5 nitrogen and oxygen atoms in total. The zero-order valence-corrected chi connectivity index (χ0v) is 16.2. The smallest absolute Gasteiger partial charge is 0.294 e. The van der Waals surface area contributed by atoms with Gasteiger partial charge in [0, 0.05) is 36.1 Å². The SMILES string of the molecule is CCN(Cc1ccccc1)c1ccc(C=Nc2cc(Cl)ccc2[N+](=O)[O-])cc1. The summed E-state index contributed by atoms with van der Waals surface area (Å²) < 4.78 is 0. The molecule has 0 spiro atoms. The van der Waals surface area contributed by atoms with E-state index in [-0.39, 0.29) is 11.4 Å². The fourth-order valence-electron chi connectivity index (χ4n) is 2.86. The Labute approximate surface area is 169 Å². The number of nitro groups is 1. The Morgan fingerprint density at radius 1 is 1.07 bits per heavy atom. The molecular formula is C22H20ClN3O2. The fraction of sp³-hybridized carbons (Fsp3) is 0.136. The fourth-order valence-corrected chi connectivity index (χ4v) is 3.03. The average Bonchev–Trinajstić information content (AvgIpc) is 2.71. The highest BCUT2D eigenvalue weighted by atomic mass is 35.5. The summed E-state index contributed by atoms with van der Waals surface area (Å²) in [6, 6.07) is 22.6. The normalized spacial score (nSPS) is 10.9. The summed E-state index contributed by atoms with van der Waals surface area (Å²) in [5.74, 6) is 0. The third-order valence-corrected chi connectivity index (χ3v) is 4.58. The van der Waals surface area contributed by atoms with E-state index in [1.54, 1.807) is 6.21 Å². The first-order chi connectivity index (χ1) is 13.6. The predicted octanol–water partition coefficient (Wildman–Crippen LogP) is 6.03. The first-order valence-corrected chi connectivity index (χ1v) is 9.31. The van der Waals surface area contributed by atoms with Gasteiger partial charge in [0.25, 0.3) is 5.69 Å².